The van der Waals surface area contributed by atoms with E-state index in [4.69, 9.17) is 4.74 Å². The first-order valence-corrected chi connectivity index (χ1v) is 7.68. The van der Waals surface area contributed by atoms with Crippen molar-refractivity contribution in [3.63, 3.8) is 0 Å². The van der Waals surface area contributed by atoms with Gasteiger partial charge in [-0.2, -0.15) is 0 Å². The van der Waals surface area contributed by atoms with E-state index in [0.717, 1.165) is 25.9 Å². The smallest absolute Gasteiger partial charge is 0.407 e. The molecule has 2 atom stereocenters. The monoisotopic (exact) mass is 290 g/mol. The standard InChI is InChI=1S/C17H26N2O2/c1-17(2,3)21-16(20)19-15(14-9-10-18-12-14)11-13-7-5-4-6-8-13/h4-8,14-15,18H,9-12H2,1-3H3,(H,19,20)/t14-,15-/m0/s1. The molecule has 1 aliphatic heterocycles. The summed E-state index contributed by atoms with van der Waals surface area (Å²) in [6, 6.07) is 10.4. The van der Waals surface area contributed by atoms with E-state index in [9.17, 15) is 4.79 Å². The molecule has 1 saturated heterocycles. The molecule has 0 aliphatic carbocycles. The van der Waals surface area contributed by atoms with Crippen molar-refractivity contribution in [2.45, 2.75) is 45.3 Å². The van der Waals surface area contributed by atoms with Gasteiger partial charge < -0.3 is 15.4 Å². The molecule has 116 valence electrons. The molecule has 0 unspecified atom stereocenters. The normalized spacial score (nSPS) is 20.0. The van der Waals surface area contributed by atoms with E-state index >= 15 is 0 Å². The molecule has 4 heteroatoms. The lowest BCUT2D eigenvalue weighted by Gasteiger charge is -2.27. The Kier molecular flexibility index (Phi) is 5.23. The van der Waals surface area contributed by atoms with Crippen LogP contribution in [-0.4, -0.2) is 30.8 Å². The number of ether oxygens (including phenoxy) is 1. The van der Waals surface area contributed by atoms with Gasteiger partial charge in [-0.25, -0.2) is 4.79 Å². The zero-order valence-corrected chi connectivity index (χ0v) is 13.2. The first kappa shape index (κ1) is 15.8. The lowest BCUT2D eigenvalue weighted by molar-refractivity contribution is 0.0488. The lowest BCUT2D eigenvalue weighted by Crippen LogP contribution is -2.44. The summed E-state index contributed by atoms with van der Waals surface area (Å²) in [5, 5.41) is 6.43. The first-order chi connectivity index (χ1) is 9.94. The van der Waals surface area contributed by atoms with Crippen LogP contribution >= 0.6 is 0 Å². The molecule has 0 aromatic heterocycles. The minimum atomic E-state index is -0.463. The van der Waals surface area contributed by atoms with Gasteiger partial charge in [0.15, 0.2) is 0 Å². The van der Waals surface area contributed by atoms with Gasteiger partial charge in [-0.1, -0.05) is 30.3 Å². The highest BCUT2D eigenvalue weighted by Gasteiger charge is 2.28. The summed E-state index contributed by atoms with van der Waals surface area (Å²) in [7, 11) is 0. The molecule has 1 aromatic carbocycles. The number of carbonyl (C=O) groups is 1. The highest BCUT2D eigenvalue weighted by atomic mass is 16.6. The predicted octanol–water partition coefficient (Wildman–Crippen LogP) is 2.73. The van der Waals surface area contributed by atoms with Crippen LogP contribution in [0.25, 0.3) is 0 Å². The van der Waals surface area contributed by atoms with Crippen LogP contribution < -0.4 is 10.6 Å². The molecule has 2 N–H and O–H groups in total. The van der Waals surface area contributed by atoms with Gasteiger partial charge in [0.1, 0.15) is 5.60 Å². The van der Waals surface area contributed by atoms with Crippen LogP contribution in [0.15, 0.2) is 30.3 Å². The van der Waals surface area contributed by atoms with E-state index < -0.39 is 5.60 Å². The Balaban J connectivity index is 2.00. The maximum absolute atomic E-state index is 12.1. The molecule has 1 amide bonds. The maximum Gasteiger partial charge on any atom is 0.407 e. The third kappa shape index (κ3) is 5.38. The first-order valence-electron chi connectivity index (χ1n) is 7.68. The van der Waals surface area contributed by atoms with Crippen LogP contribution in [0.4, 0.5) is 4.79 Å². The number of benzene rings is 1. The Hall–Kier alpha value is -1.55. The van der Waals surface area contributed by atoms with Crippen molar-refractivity contribution in [2.24, 2.45) is 5.92 Å². The minimum absolute atomic E-state index is 0.109. The van der Waals surface area contributed by atoms with Crippen molar-refractivity contribution >= 4 is 6.09 Å². The number of rotatable bonds is 4. The Labute approximate surface area is 127 Å². The van der Waals surface area contributed by atoms with Crippen LogP contribution in [0.3, 0.4) is 0 Å². The van der Waals surface area contributed by atoms with E-state index in [2.05, 4.69) is 22.8 Å². The van der Waals surface area contributed by atoms with E-state index in [1.807, 2.05) is 39.0 Å². The molecule has 2 rings (SSSR count). The third-order valence-corrected chi connectivity index (χ3v) is 3.67. The Morgan fingerprint density at radius 1 is 1.38 bits per heavy atom. The Bertz CT molecular complexity index is 448. The SMILES string of the molecule is CC(C)(C)OC(=O)N[C@@H](Cc1ccccc1)[C@H]1CCNC1. The summed E-state index contributed by atoms with van der Waals surface area (Å²) in [6.07, 6.45) is 1.61. The van der Waals surface area contributed by atoms with E-state index in [1.165, 1.54) is 5.56 Å². The van der Waals surface area contributed by atoms with Crippen molar-refractivity contribution in [3.05, 3.63) is 35.9 Å². The highest BCUT2D eigenvalue weighted by Crippen LogP contribution is 2.18. The Morgan fingerprint density at radius 2 is 2.10 bits per heavy atom. The zero-order chi connectivity index (χ0) is 15.3. The number of carbonyl (C=O) groups excluding carboxylic acids is 1. The number of nitrogens with one attached hydrogen (secondary N) is 2. The zero-order valence-electron chi connectivity index (χ0n) is 13.2. The quantitative estimate of drug-likeness (QED) is 0.896. The fourth-order valence-electron chi connectivity index (χ4n) is 2.68. The van der Waals surface area contributed by atoms with E-state index in [0.29, 0.717) is 5.92 Å². The highest BCUT2D eigenvalue weighted by molar-refractivity contribution is 5.68. The van der Waals surface area contributed by atoms with Crippen LogP contribution in [-0.2, 0) is 11.2 Å². The number of hydrogen-bond donors (Lipinski definition) is 2. The topological polar surface area (TPSA) is 50.4 Å². The second-order valence-electron chi connectivity index (χ2n) is 6.70. The van der Waals surface area contributed by atoms with Crippen molar-refractivity contribution in [1.82, 2.24) is 10.6 Å². The molecule has 1 aromatic rings. The van der Waals surface area contributed by atoms with Crippen molar-refractivity contribution in [3.8, 4) is 0 Å². The predicted molar refractivity (Wildman–Crippen MR) is 84.3 cm³/mol. The third-order valence-electron chi connectivity index (χ3n) is 3.67. The number of hydrogen-bond acceptors (Lipinski definition) is 3. The molecule has 4 nitrogen and oxygen atoms in total. The minimum Gasteiger partial charge on any atom is -0.444 e. The molecule has 0 radical (unpaired) electrons. The van der Waals surface area contributed by atoms with Crippen molar-refractivity contribution in [2.75, 3.05) is 13.1 Å². The van der Waals surface area contributed by atoms with Gasteiger partial charge in [-0.05, 0) is 58.2 Å². The van der Waals surface area contributed by atoms with E-state index in [1.54, 1.807) is 0 Å². The summed E-state index contributed by atoms with van der Waals surface area (Å²) in [6.45, 7) is 7.63. The molecule has 1 fully saturated rings. The molecular weight excluding hydrogens is 264 g/mol. The number of amides is 1. The fourth-order valence-corrected chi connectivity index (χ4v) is 2.68. The fraction of sp³-hybridized carbons (Fsp3) is 0.588. The van der Waals surface area contributed by atoms with Gasteiger partial charge in [-0.3, -0.25) is 0 Å². The Morgan fingerprint density at radius 3 is 2.67 bits per heavy atom. The average molecular weight is 290 g/mol. The average Bonchev–Trinajstić information content (AvgIpc) is 2.90. The van der Waals surface area contributed by atoms with Gasteiger partial charge in [0.05, 0.1) is 0 Å². The van der Waals surface area contributed by atoms with Crippen LogP contribution in [0.1, 0.15) is 32.8 Å². The number of alkyl carbamates (subject to hydrolysis) is 1. The van der Waals surface area contributed by atoms with Gasteiger partial charge in [0.25, 0.3) is 0 Å². The van der Waals surface area contributed by atoms with Gasteiger partial charge in [-0.15, -0.1) is 0 Å². The van der Waals surface area contributed by atoms with Crippen LogP contribution in [0, 0.1) is 5.92 Å². The summed E-state index contributed by atoms with van der Waals surface area (Å²) < 4.78 is 5.40. The molecule has 1 aliphatic rings. The second-order valence-corrected chi connectivity index (χ2v) is 6.70. The van der Waals surface area contributed by atoms with Crippen LogP contribution in [0.5, 0.6) is 0 Å². The summed E-state index contributed by atoms with van der Waals surface area (Å²) >= 11 is 0. The molecule has 0 spiro atoms. The van der Waals surface area contributed by atoms with Crippen molar-refractivity contribution < 1.29 is 9.53 Å². The molecule has 0 bridgehead atoms. The lowest BCUT2D eigenvalue weighted by atomic mass is 9.93. The maximum atomic E-state index is 12.1. The molecule has 1 heterocycles. The largest absolute Gasteiger partial charge is 0.444 e. The second kappa shape index (κ2) is 6.94. The van der Waals surface area contributed by atoms with Gasteiger partial charge in [0.2, 0.25) is 0 Å². The van der Waals surface area contributed by atoms with Gasteiger partial charge in [0, 0.05) is 6.04 Å². The molecule has 0 saturated carbocycles. The van der Waals surface area contributed by atoms with E-state index in [-0.39, 0.29) is 12.1 Å². The van der Waals surface area contributed by atoms with Crippen LogP contribution in [0.2, 0.25) is 0 Å². The summed E-state index contributed by atoms with van der Waals surface area (Å²) in [5.74, 6) is 0.456. The molecular formula is C17H26N2O2. The van der Waals surface area contributed by atoms with Gasteiger partial charge >= 0.3 is 6.09 Å². The summed E-state index contributed by atoms with van der Waals surface area (Å²) in [4.78, 5) is 12.1. The molecule has 21 heavy (non-hydrogen) atoms. The van der Waals surface area contributed by atoms with Crippen molar-refractivity contribution in [1.29, 1.82) is 0 Å². The summed E-state index contributed by atoms with van der Waals surface area (Å²) in [5.41, 5.74) is 0.778.